The lowest BCUT2D eigenvalue weighted by Crippen LogP contribution is -2.25. The largest absolute Gasteiger partial charge is 0.478 e. The van der Waals surface area contributed by atoms with E-state index >= 15 is 0 Å². The monoisotopic (exact) mass is 297 g/mol. The molecule has 2 heterocycles. The van der Waals surface area contributed by atoms with Crippen LogP contribution in [0.3, 0.4) is 0 Å². The van der Waals surface area contributed by atoms with Gasteiger partial charge in [0.05, 0.1) is 18.3 Å². The van der Waals surface area contributed by atoms with E-state index in [9.17, 15) is 9.59 Å². The second kappa shape index (κ2) is 7.80. The minimum Gasteiger partial charge on any atom is -0.478 e. The van der Waals surface area contributed by atoms with Gasteiger partial charge in [-0.3, -0.25) is 4.79 Å². The molecule has 0 spiro atoms. The molecule has 1 unspecified atom stereocenters. The predicted molar refractivity (Wildman–Crippen MR) is 72.4 cm³/mol. The third kappa shape index (κ3) is 4.87. The van der Waals surface area contributed by atoms with E-state index in [0.717, 1.165) is 25.7 Å². The molecule has 0 aliphatic carbocycles. The second-order valence-electron chi connectivity index (χ2n) is 4.82. The molecular formula is C14H19NO6. The van der Waals surface area contributed by atoms with E-state index in [1.54, 1.807) is 0 Å². The topological polar surface area (TPSA) is 98.0 Å². The Morgan fingerprint density at radius 1 is 1.48 bits per heavy atom. The van der Waals surface area contributed by atoms with Crippen molar-refractivity contribution in [2.24, 2.45) is 0 Å². The highest BCUT2D eigenvalue weighted by Gasteiger charge is 2.15. The average molecular weight is 297 g/mol. The molecule has 1 fully saturated rings. The predicted octanol–water partition coefficient (Wildman–Crippen LogP) is 1.29. The number of nitrogens with one attached hydrogen (secondary N) is 1. The number of furan rings is 1. The number of carboxylic acid groups (broad SMARTS) is 1. The van der Waals surface area contributed by atoms with Crippen LogP contribution in [0.15, 0.2) is 16.7 Å². The molecule has 116 valence electrons. The second-order valence-corrected chi connectivity index (χ2v) is 4.82. The van der Waals surface area contributed by atoms with Gasteiger partial charge in [0.1, 0.15) is 6.26 Å². The fourth-order valence-corrected chi connectivity index (χ4v) is 2.02. The van der Waals surface area contributed by atoms with Crippen LogP contribution in [0, 0.1) is 0 Å². The molecule has 0 radical (unpaired) electrons. The molecule has 21 heavy (non-hydrogen) atoms. The van der Waals surface area contributed by atoms with E-state index in [-0.39, 0.29) is 17.4 Å². The smallest absolute Gasteiger partial charge is 0.338 e. The molecule has 2 N–H and O–H groups in total. The summed E-state index contributed by atoms with van der Waals surface area (Å²) in [7, 11) is 0. The molecule has 1 aliphatic rings. The average Bonchev–Trinajstić information content (AvgIpc) is 3.13. The lowest BCUT2D eigenvalue weighted by molar-refractivity contribution is 0.0166. The molecule has 0 aromatic carbocycles. The van der Waals surface area contributed by atoms with E-state index in [0.29, 0.717) is 26.2 Å². The molecule has 0 saturated carbocycles. The Hall–Kier alpha value is -1.86. The summed E-state index contributed by atoms with van der Waals surface area (Å²) in [6, 6.07) is 1.20. The number of carbonyl (C=O) groups is 2. The van der Waals surface area contributed by atoms with Crippen LogP contribution in [0.1, 0.15) is 40.2 Å². The standard InChI is InChI=1S/C14H19NO6/c16-13(12-7-10(8-21-12)14(17)18)15-4-2-5-19-9-11-3-1-6-20-11/h7-8,11H,1-6,9H2,(H,15,16)(H,17,18). The molecule has 7 heteroatoms. The Morgan fingerprint density at radius 2 is 2.33 bits per heavy atom. The highest BCUT2D eigenvalue weighted by Crippen LogP contribution is 2.12. The highest BCUT2D eigenvalue weighted by molar-refractivity contribution is 5.95. The van der Waals surface area contributed by atoms with Crippen LogP contribution in [0.4, 0.5) is 0 Å². The first-order valence-corrected chi connectivity index (χ1v) is 6.96. The zero-order valence-electron chi connectivity index (χ0n) is 11.7. The van der Waals surface area contributed by atoms with Crippen LogP contribution < -0.4 is 5.32 Å². The van der Waals surface area contributed by atoms with Gasteiger partial charge in [0.2, 0.25) is 0 Å². The van der Waals surface area contributed by atoms with Crippen LogP contribution in [0.5, 0.6) is 0 Å². The van der Waals surface area contributed by atoms with Crippen molar-refractivity contribution in [1.82, 2.24) is 5.32 Å². The van der Waals surface area contributed by atoms with Gasteiger partial charge in [-0.1, -0.05) is 0 Å². The maximum absolute atomic E-state index is 11.7. The maximum Gasteiger partial charge on any atom is 0.338 e. The molecule has 7 nitrogen and oxygen atoms in total. The van der Waals surface area contributed by atoms with Crippen LogP contribution >= 0.6 is 0 Å². The Bertz CT molecular complexity index is 478. The Morgan fingerprint density at radius 3 is 3.00 bits per heavy atom. The van der Waals surface area contributed by atoms with Crippen molar-refractivity contribution >= 4 is 11.9 Å². The van der Waals surface area contributed by atoms with Gasteiger partial charge in [0, 0.05) is 25.8 Å². The first kappa shape index (κ1) is 15.5. The third-order valence-corrected chi connectivity index (χ3v) is 3.15. The minimum absolute atomic E-state index is 0.00678. The summed E-state index contributed by atoms with van der Waals surface area (Å²) < 4.78 is 15.8. The van der Waals surface area contributed by atoms with Crippen molar-refractivity contribution in [3.63, 3.8) is 0 Å². The fraction of sp³-hybridized carbons (Fsp3) is 0.571. The molecule has 1 aromatic rings. The molecule has 2 rings (SSSR count). The minimum atomic E-state index is -1.12. The quantitative estimate of drug-likeness (QED) is 0.702. The van der Waals surface area contributed by atoms with Crippen molar-refractivity contribution < 1.29 is 28.6 Å². The zero-order valence-corrected chi connectivity index (χ0v) is 11.7. The van der Waals surface area contributed by atoms with Gasteiger partial charge in [-0.2, -0.15) is 0 Å². The van der Waals surface area contributed by atoms with Gasteiger partial charge in [-0.05, 0) is 19.3 Å². The Kier molecular flexibility index (Phi) is 5.77. The molecule has 1 aromatic heterocycles. The molecular weight excluding hydrogens is 278 g/mol. The van der Waals surface area contributed by atoms with Crippen molar-refractivity contribution in [2.45, 2.75) is 25.4 Å². The SMILES string of the molecule is O=C(O)c1coc(C(=O)NCCCOCC2CCCO2)c1. The normalized spacial score (nSPS) is 17.8. The van der Waals surface area contributed by atoms with Gasteiger partial charge in [0.25, 0.3) is 5.91 Å². The van der Waals surface area contributed by atoms with E-state index in [1.807, 2.05) is 0 Å². The molecule has 0 bridgehead atoms. The number of hydrogen-bond acceptors (Lipinski definition) is 5. The first-order chi connectivity index (χ1) is 10.2. The van der Waals surface area contributed by atoms with Crippen LogP contribution in [0.2, 0.25) is 0 Å². The van der Waals surface area contributed by atoms with Crippen molar-refractivity contribution in [1.29, 1.82) is 0 Å². The number of carboxylic acids is 1. The van der Waals surface area contributed by atoms with Gasteiger partial charge in [-0.15, -0.1) is 0 Å². The molecule has 1 saturated heterocycles. The summed E-state index contributed by atoms with van der Waals surface area (Å²) in [5.41, 5.74) is -0.0416. The number of hydrogen-bond donors (Lipinski definition) is 2. The lowest BCUT2D eigenvalue weighted by Gasteiger charge is -2.10. The summed E-state index contributed by atoms with van der Waals surface area (Å²) >= 11 is 0. The summed E-state index contributed by atoms with van der Waals surface area (Å²) in [4.78, 5) is 22.3. The van der Waals surface area contributed by atoms with E-state index in [4.69, 9.17) is 19.0 Å². The fourth-order valence-electron chi connectivity index (χ4n) is 2.02. The number of aromatic carboxylic acids is 1. The maximum atomic E-state index is 11.7. The van der Waals surface area contributed by atoms with Crippen molar-refractivity contribution in [2.75, 3.05) is 26.4 Å². The summed E-state index contributed by atoms with van der Waals surface area (Å²) in [6.45, 7) is 2.38. The van der Waals surface area contributed by atoms with Crippen LogP contribution in [0.25, 0.3) is 0 Å². The van der Waals surface area contributed by atoms with Crippen LogP contribution in [-0.2, 0) is 9.47 Å². The van der Waals surface area contributed by atoms with Crippen LogP contribution in [-0.4, -0.2) is 49.5 Å². The van der Waals surface area contributed by atoms with Gasteiger partial charge in [-0.25, -0.2) is 4.79 Å². The first-order valence-electron chi connectivity index (χ1n) is 6.96. The van der Waals surface area contributed by atoms with Crippen molar-refractivity contribution in [3.8, 4) is 0 Å². The Labute approximate surface area is 122 Å². The van der Waals surface area contributed by atoms with Gasteiger partial charge < -0.3 is 24.3 Å². The summed E-state index contributed by atoms with van der Waals surface area (Å²) in [6.07, 6.45) is 4.05. The third-order valence-electron chi connectivity index (χ3n) is 3.15. The lowest BCUT2D eigenvalue weighted by atomic mass is 10.2. The van der Waals surface area contributed by atoms with E-state index < -0.39 is 11.9 Å². The summed E-state index contributed by atoms with van der Waals surface area (Å²) in [5.74, 6) is -1.56. The Balaban J connectivity index is 1.57. The number of amides is 1. The number of carbonyl (C=O) groups excluding carboxylic acids is 1. The molecule has 1 amide bonds. The zero-order chi connectivity index (χ0) is 15.1. The van der Waals surface area contributed by atoms with Gasteiger partial charge in [0.15, 0.2) is 5.76 Å². The van der Waals surface area contributed by atoms with Crippen molar-refractivity contribution in [3.05, 3.63) is 23.7 Å². The molecule has 1 atom stereocenters. The van der Waals surface area contributed by atoms with Gasteiger partial charge >= 0.3 is 5.97 Å². The highest BCUT2D eigenvalue weighted by atomic mass is 16.5. The summed E-state index contributed by atoms with van der Waals surface area (Å²) in [5, 5.41) is 11.4. The van der Waals surface area contributed by atoms with E-state index in [1.165, 1.54) is 6.07 Å². The molecule has 1 aliphatic heterocycles. The van der Waals surface area contributed by atoms with E-state index in [2.05, 4.69) is 5.32 Å². The number of rotatable bonds is 8. The number of ether oxygens (including phenoxy) is 2.